The van der Waals surface area contributed by atoms with E-state index in [-0.39, 0.29) is 16.6 Å². The van der Waals surface area contributed by atoms with Crippen molar-refractivity contribution in [2.24, 2.45) is 11.1 Å². The van der Waals surface area contributed by atoms with E-state index in [1.54, 1.807) is 6.07 Å². The van der Waals surface area contributed by atoms with Crippen LogP contribution in [0.25, 0.3) is 0 Å². The van der Waals surface area contributed by atoms with Crippen molar-refractivity contribution >= 4 is 5.69 Å². The van der Waals surface area contributed by atoms with Crippen LogP contribution in [0.3, 0.4) is 0 Å². The number of nitrogens with zero attached hydrogens (tertiary/aromatic N) is 1. The van der Waals surface area contributed by atoms with Crippen molar-refractivity contribution < 1.29 is 4.39 Å². The monoisotopic (exact) mass is 236 g/mol. The smallest absolute Gasteiger partial charge is 0.125 e. The lowest BCUT2D eigenvalue weighted by Gasteiger charge is -2.26. The van der Waals surface area contributed by atoms with E-state index in [0.717, 1.165) is 12.1 Å². The number of anilines is 1. The highest BCUT2D eigenvalue weighted by atomic mass is 19.1. The summed E-state index contributed by atoms with van der Waals surface area (Å²) in [4.78, 5) is 1.96. The molecule has 3 heteroatoms. The van der Waals surface area contributed by atoms with Crippen molar-refractivity contribution in [3.05, 3.63) is 29.6 Å². The van der Waals surface area contributed by atoms with E-state index in [4.69, 9.17) is 5.73 Å². The maximum atomic E-state index is 13.4. The summed E-state index contributed by atoms with van der Waals surface area (Å²) < 4.78 is 13.4. The van der Waals surface area contributed by atoms with Crippen LogP contribution < -0.4 is 10.6 Å². The van der Waals surface area contributed by atoms with Gasteiger partial charge in [-0.15, -0.1) is 0 Å². The standard InChI is InChI=1S/C14H21FN2/c1-13(2)8-14(13,9-16)11-6-5-10(15)7-12(11)17(3)4/h5-7H,8-9,16H2,1-4H3. The van der Waals surface area contributed by atoms with E-state index in [1.807, 2.05) is 25.1 Å². The first-order chi connectivity index (χ1) is 7.84. The van der Waals surface area contributed by atoms with Gasteiger partial charge in [-0.05, 0) is 29.5 Å². The zero-order valence-corrected chi connectivity index (χ0v) is 11.0. The zero-order chi connectivity index (χ0) is 12.8. The van der Waals surface area contributed by atoms with Crippen LogP contribution >= 0.6 is 0 Å². The van der Waals surface area contributed by atoms with E-state index >= 15 is 0 Å². The van der Waals surface area contributed by atoms with E-state index in [1.165, 1.54) is 11.6 Å². The van der Waals surface area contributed by atoms with Crippen LogP contribution in [0.15, 0.2) is 18.2 Å². The summed E-state index contributed by atoms with van der Waals surface area (Å²) >= 11 is 0. The molecule has 1 aromatic carbocycles. The van der Waals surface area contributed by atoms with Gasteiger partial charge in [0.15, 0.2) is 0 Å². The number of hydrogen-bond acceptors (Lipinski definition) is 2. The van der Waals surface area contributed by atoms with Crippen molar-refractivity contribution in [2.45, 2.75) is 25.7 Å². The third-order valence-corrected chi connectivity index (χ3v) is 4.22. The summed E-state index contributed by atoms with van der Waals surface area (Å²) in [5.74, 6) is -0.192. The second-order valence-corrected chi connectivity index (χ2v) is 5.90. The van der Waals surface area contributed by atoms with Crippen molar-refractivity contribution in [3.63, 3.8) is 0 Å². The molecule has 1 fully saturated rings. The molecular weight excluding hydrogens is 215 g/mol. The lowest BCUT2D eigenvalue weighted by molar-refractivity contribution is 0.502. The lowest BCUT2D eigenvalue weighted by Crippen LogP contribution is -2.28. The molecule has 0 aromatic heterocycles. The Morgan fingerprint density at radius 1 is 1.35 bits per heavy atom. The summed E-state index contributed by atoms with van der Waals surface area (Å²) in [6.07, 6.45) is 1.07. The summed E-state index contributed by atoms with van der Waals surface area (Å²) in [7, 11) is 3.88. The Morgan fingerprint density at radius 3 is 2.35 bits per heavy atom. The average Bonchev–Trinajstić information content (AvgIpc) is 2.82. The van der Waals surface area contributed by atoms with E-state index in [9.17, 15) is 4.39 Å². The van der Waals surface area contributed by atoms with Crippen molar-refractivity contribution in [3.8, 4) is 0 Å². The molecule has 0 amide bonds. The third kappa shape index (κ3) is 1.73. The summed E-state index contributed by atoms with van der Waals surface area (Å²) in [5.41, 5.74) is 8.32. The summed E-state index contributed by atoms with van der Waals surface area (Å²) in [6.45, 7) is 5.07. The summed E-state index contributed by atoms with van der Waals surface area (Å²) in [5, 5.41) is 0. The Balaban J connectivity index is 2.53. The minimum Gasteiger partial charge on any atom is -0.377 e. The van der Waals surface area contributed by atoms with Crippen LogP contribution in [0.1, 0.15) is 25.8 Å². The molecule has 1 atom stereocenters. The molecule has 1 aliphatic rings. The molecule has 2 rings (SSSR count). The van der Waals surface area contributed by atoms with Gasteiger partial charge in [0.1, 0.15) is 5.82 Å². The van der Waals surface area contributed by atoms with Crippen LogP contribution in [0.2, 0.25) is 0 Å². The van der Waals surface area contributed by atoms with Crippen molar-refractivity contribution in [2.75, 3.05) is 25.5 Å². The van der Waals surface area contributed by atoms with Crippen molar-refractivity contribution in [1.82, 2.24) is 0 Å². The van der Waals surface area contributed by atoms with Gasteiger partial charge >= 0.3 is 0 Å². The molecule has 0 aliphatic heterocycles. The molecule has 0 saturated heterocycles. The summed E-state index contributed by atoms with van der Waals surface area (Å²) in [6, 6.07) is 5.03. The normalized spacial score (nSPS) is 25.8. The Labute approximate surface area is 103 Å². The fourth-order valence-electron chi connectivity index (χ4n) is 2.91. The van der Waals surface area contributed by atoms with Gasteiger partial charge in [-0.25, -0.2) is 4.39 Å². The van der Waals surface area contributed by atoms with E-state index < -0.39 is 0 Å². The van der Waals surface area contributed by atoms with Gasteiger partial charge in [0.2, 0.25) is 0 Å². The molecule has 1 saturated carbocycles. The predicted molar refractivity (Wildman–Crippen MR) is 69.9 cm³/mol. The Hall–Kier alpha value is -1.09. The first-order valence-corrected chi connectivity index (χ1v) is 6.01. The van der Waals surface area contributed by atoms with E-state index in [0.29, 0.717) is 6.54 Å². The second kappa shape index (κ2) is 3.70. The fourth-order valence-corrected chi connectivity index (χ4v) is 2.91. The molecule has 0 bridgehead atoms. The molecule has 1 unspecified atom stereocenters. The van der Waals surface area contributed by atoms with E-state index in [2.05, 4.69) is 13.8 Å². The van der Waals surface area contributed by atoms with Gasteiger partial charge in [-0.2, -0.15) is 0 Å². The van der Waals surface area contributed by atoms with Crippen LogP contribution in [0.5, 0.6) is 0 Å². The molecule has 1 aliphatic carbocycles. The zero-order valence-electron chi connectivity index (χ0n) is 11.0. The van der Waals surface area contributed by atoms with Gasteiger partial charge in [0, 0.05) is 31.7 Å². The number of rotatable bonds is 3. The fraction of sp³-hybridized carbons (Fsp3) is 0.571. The predicted octanol–water partition coefficient (Wildman–Crippen LogP) is 2.52. The van der Waals surface area contributed by atoms with Crippen molar-refractivity contribution in [1.29, 1.82) is 0 Å². The first-order valence-electron chi connectivity index (χ1n) is 6.01. The van der Waals surface area contributed by atoms with Gasteiger partial charge in [0.05, 0.1) is 0 Å². The highest BCUT2D eigenvalue weighted by Crippen LogP contribution is 2.65. The quantitative estimate of drug-likeness (QED) is 0.873. The highest BCUT2D eigenvalue weighted by Gasteiger charge is 2.61. The topological polar surface area (TPSA) is 29.3 Å². The minimum absolute atomic E-state index is 0.0142. The van der Waals surface area contributed by atoms with Gasteiger partial charge in [-0.1, -0.05) is 19.9 Å². The maximum absolute atomic E-state index is 13.4. The lowest BCUT2D eigenvalue weighted by atomic mass is 9.86. The molecular formula is C14H21FN2. The molecule has 1 aromatic rings. The second-order valence-electron chi connectivity index (χ2n) is 5.90. The molecule has 17 heavy (non-hydrogen) atoms. The van der Waals surface area contributed by atoms with Gasteiger partial charge in [-0.3, -0.25) is 0 Å². The maximum Gasteiger partial charge on any atom is 0.125 e. The number of benzene rings is 1. The molecule has 94 valence electrons. The third-order valence-electron chi connectivity index (χ3n) is 4.22. The molecule has 0 spiro atoms. The number of halogens is 1. The Morgan fingerprint density at radius 2 is 1.94 bits per heavy atom. The number of nitrogens with two attached hydrogens (primary N) is 1. The van der Waals surface area contributed by atoms with Gasteiger partial charge in [0.25, 0.3) is 0 Å². The van der Waals surface area contributed by atoms with Crippen LogP contribution in [0, 0.1) is 11.2 Å². The molecule has 0 radical (unpaired) electrons. The average molecular weight is 236 g/mol. The highest BCUT2D eigenvalue weighted by molar-refractivity contribution is 5.59. The minimum atomic E-state index is -0.192. The molecule has 0 heterocycles. The Bertz CT molecular complexity index is 440. The van der Waals surface area contributed by atoms with Crippen LogP contribution in [-0.2, 0) is 5.41 Å². The number of hydrogen-bond donors (Lipinski definition) is 1. The first kappa shape index (κ1) is 12.4. The van der Waals surface area contributed by atoms with Crippen LogP contribution in [0.4, 0.5) is 10.1 Å². The SMILES string of the molecule is CN(C)c1cc(F)ccc1C1(CN)CC1(C)C. The van der Waals surface area contributed by atoms with Gasteiger partial charge < -0.3 is 10.6 Å². The molecule has 2 N–H and O–H groups in total. The van der Waals surface area contributed by atoms with Crippen LogP contribution in [-0.4, -0.2) is 20.6 Å². The largest absolute Gasteiger partial charge is 0.377 e. The Kier molecular flexibility index (Phi) is 2.69. The molecule has 2 nitrogen and oxygen atoms in total.